The number of anilines is 5. The number of hydrogen-bond acceptors (Lipinski definition) is 9. The molecule has 0 aliphatic carbocycles. The van der Waals surface area contributed by atoms with Gasteiger partial charge in [-0.25, -0.2) is 14.2 Å². The molecule has 0 spiro atoms. The monoisotopic (exact) mass is 559 g/mol. The van der Waals surface area contributed by atoms with E-state index in [1.54, 1.807) is 63.2 Å². The lowest BCUT2D eigenvalue weighted by Gasteiger charge is -2.19. The van der Waals surface area contributed by atoms with E-state index in [9.17, 15) is 9.18 Å². The fourth-order valence-electron chi connectivity index (χ4n) is 3.53. The number of halogens is 2. The lowest BCUT2D eigenvalue weighted by Crippen LogP contribution is -2.27. The molecule has 208 valence electrons. The lowest BCUT2D eigenvalue weighted by atomic mass is 10.2. The molecule has 10 nitrogen and oxygen atoms in total. The van der Waals surface area contributed by atoms with Crippen molar-refractivity contribution < 1.29 is 28.1 Å². The quantitative estimate of drug-likeness (QED) is 0.279. The zero-order chi connectivity index (χ0) is 28.2. The minimum absolute atomic E-state index is 0.0644. The van der Waals surface area contributed by atoms with Gasteiger partial charge in [0.05, 0.1) is 23.4 Å². The van der Waals surface area contributed by atoms with Crippen LogP contribution in [0.2, 0.25) is 5.02 Å². The van der Waals surface area contributed by atoms with Crippen molar-refractivity contribution in [2.75, 3.05) is 29.2 Å². The molecule has 2 heterocycles. The molecule has 0 bridgehead atoms. The van der Waals surface area contributed by atoms with Crippen molar-refractivity contribution in [1.29, 1.82) is 0 Å². The molecule has 1 saturated heterocycles. The van der Waals surface area contributed by atoms with Crippen LogP contribution in [0, 0.1) is 5.82 Å². The Morgan fingerprint density at radius 3 is 2.62 bits per heavy atom. The summed E-state index contributed by atoms with van der Waals surface area (Å²) in [6.07, 6.45) is -0.0537. The normalized spacial score (nSPS) is 16.4. The van der Waals surface area contributed by atoms with Gasteiger partial charge in [0.25, 0.3) is 0 Å². The molecule has 1 aromatic heterocycles. The third kappa shape index (κ3) is 8.41. The topological polar surface area (TPSA) is 116 Å². The summed E-state index contributed by atoms with van der Waals surface area (Å²) in [4.78, 5) is 20.3. The van der Waals surface area contributed by atoms with Crippen LogP contribution in [0.5, 0.6) is 5.75 Å². The Kier molecular flexibility index (Phi) is 8.43. The highest BCUT2D eigenvalue weighted by molar-refractivity contribution is 6.32. The Hall–Kier alpha value is -3.67. The van der Waals surface area contributed by atoms with Crippen LogP contribution in [0.3, 0.4) is 0 Å². The number of aromatic nitrogens is 2. The molecule has 12 heteroatoms. The van der Waals surface area contributed by atoms with Crippen molar-refractivity contribution in [2.24, 2.45) is 0 Å². The van der Waals surface area contributed by atoms with Gasteiger partial charge in [-0.2, -0.15) is 4.98 Å². The molecule has 1 unspecified atom stereocenters. The third-order valence-electron chi connectivity index (χ3n) is 5.14. The Morgan fingerprint density at radius 2 is 1.90 bits per heavy atom. The number of rotatable bonds is 8. The number of carbonyl (C=O) groups excluding carboxylic acids is 1. The molecule has 1 aliphatic rings. The van der Waals surface area contributed by atoms with Gasteiger partial charge in [0.1, 0.15) is 18.0 Å². The van der Waals surface area contributed by atoms with Crippen molar-refractivity contribution in [2.45, 2.75) is 52.1 Å². The van der Waals surface area contributed by atoms with Crippen molar-refractivity contribution in [3.8, 4) is 5.75 Å². The summed E-state index contributed by atoms with van der Waals surface area (Å²) >= 11 is 6.29. The van der Waals surface area contributed by atoms with Crippen LogP contribution in [-0.2, 0) is 14.2 Å². The molecule has 2 aromatic carbocycles. The number of amides is 1. The van der Waals surface area contributed by atoms with Crippen LogP contribution in [-0.4, -0.2) is 46.8 Å². The summed E-state index contributed by atoms with van der Waals surface area (Å²) in [5.74, 6) is -0.177. The molecule has 1 aliphatic heterocycles. The van der Waals surface area contributed by atoms with Crippen LogP contribution in [0.4, 0.5) is 38.0 Å². The second kappa shape index (κ2) is 11.6. The van der Waals surface area contributed by atoms with Crippen molar-refractivity contribution in [3.05, 3.63) is 59.5 Å². The zero-order valence-corrected chi connectivity index (χ0v) is 23.1. The Morgan fingerprint density at radius 1 is 1.15 bits per heavy atom. The van der Waals surface area contributed by atoms with Crippen LogP contribution >= 0.6 is 11.6 Å². The summed E-state index contributed by atoms with van der Waals surface area (Å²) < 4.78 is 37.0. The van der Waals surface area contributed by atoms with E-state index in [2.05, 4.69) is 25.9 Å². The molecule has 1 amide bonds. The molecule has 0 radical (unpaired) electrons. The SMILES string of the molecule is CC(C)(C)OC(=O)Nc1cccc(Nc2nc(Nc3ccc(Cl)c(OCC4OCC(C)(C)O4)c3)ncc2F)c1. The van der Waals surface area contributed by atoms with E-state index in [-0.39, 0.29) is 24.0 Å². The van der Waals surface area contributed by atoms with E-state index in [4.69, 9.17) is 30.5 Å². The zero-order valence-electron chi connectivity index (χ0n) is 22.3. The first-order chi connectivity index (χ1) is 18.3. The van der Waals surface area contributed by atoms with Gasteiger partial charge in [-0.3, -0.25) is 5.32 Å². The third-order valence-corrected chi connectivity index (χ3v) is 5.46. The number of hydrogen-bond donors (Lipinski definition) is 3. The highest BCUT2D eigenvalue weighted by Crippen LogP contribution is 2.31. The fourth-order valence-corrected chi connectivity index (χ4v) is 3.70. The minimum Gasteiger partial charge on any atom is -0.487 e. The smallest absolute Gasteiger partial charge is 0.412 e. The number of nitrogens with one attached hydrogen (secondary N) is 3. The van der Waals surface area contributed by atoms with Gasteiger partial charge in [-0.05, 0) is 65.0 Å². The van der Waals surface area contributed by atoms with E-state index in [0.29, 0.717) is 34.4 Å². The summed E-state index contributed by atoms with van der Waals surface area (Å²) in [6, 6.07) is 11.8. The van der Waals surface area contributed by atoms with Gasteiger partial charge in [0.15, 0.2) is 17.9 Å². The number of nitrogens with zero attached hydrogens (tertiary/aromatic N) is 2. The van der Waals surface area contributed by atoms with Gasteiger partial charge in [-0.1, -0.05) is 17.7 Å². The molecule has 1 fully saturated rings. The first-order valence-electron chi connectivity index (χ1n) is 12.2. The molecule has 39 heavy (non-hydrogen) atoms. The Labute approximate surface area is 231 Å². The van der Waals surface area contributed by atoms with E-state index in [1.807, 2.05) is 13.8 Å². The number of benzene rings is 2. The molecular weight excluding hydrogens is 529 g/mol. The molecule has 4 rings (SSSR count). The molecule has 0 saturated carbocycles. The maximum atomic E-state index is 14.5. The van der Waals surface area contributed by atoms with Crippen LogP contribution in [0.1, 0.15) is 34.6 Å². The molecular formula is C27H31ClFN5O5. The van der Waals surface area contributed by atoms with E-state index in [0.717, 1.165) is 6.20 Å². The van der Waals surface area contributed by atoms with Gasteiger partial charge < -0.3 is 29.6 Å². The first kappa shape index (κ1) is 28.3. The van der Waals surface area contributed by atoms with Crippen LogP contribution < -0.4 is 20.7 Å². The standard InChI is InChI=1S/C27H31ClFN5O5/c1-26(2,3)39-25(35)33-17-8-6-7-16(11-17)31-23-20(29)13-30-24(34-23)32-18-9-10-19(28)21(12-18)36-14-22-37-15-27(4,5)38-22/h6-13,22H,14-15H2,1-5H3,(H,33,35)(H2,30,31,32,34). The minimum atomic E-state index is -0.661. The van der Waals surface area contributed by atoms with E-state index >= 15 is 0 Å². The second-order valence-electron chi connectivity index (χ2n) is 10.4. The Bertz CT molecular complexity index is 1330. The fraction of sp³-hybridized carbons (Fsp3) is 0.370. The van der Waals surface area contributed by atoms with Gasteiger partial charge in [0.2, 0.25) is 5.95 Å². The maximum absolute atomic E-state index is 14.5. The summed E-state index contributed by atoms with van der Waals surface area (Å²) in [5.41, 5.74) is 0.522. The summed E-state index contributed by atoms with van der Waals surface area (Å²) in [6.45, 7) is 9.82. The van der Waals surface area contributed by atoms with Crippen molar-refractivity contribution in [3.63, 3.8) is 0 Å². The van der Waals surface area contributed by atoms with E-state index in [1.165, 1.54) is 0 Å². The Balaban J connectivity index is 1.42. The van der Waals surface area contributed by atoms with Crippen molar-refractivity contribution in [1.82, 2.24) is 9.97 Å². The largest absolute Gasteiger partial charge is 0.487 e. The molecule has 3 aromatic rings. The van der Waals surface area contributed by atoms with Gasteiger partial charge >= 0.3 is 6.09 Å². The van der Waals surface area contributed by atoms with Crippen LogP contribution in [0.25, 0.3) is 0 Å². The highest BCUT2D eigenvalue weighted by Gasteiger charge is 2.33. The summed E-state index contributed by atoms with van der Waals surface area (Å²) in [7, 11) is 0. The summed E-state index contributed by atoms with van der Waals surface area (Å²) in [5, 5.41) is 8.98. The molecule has 3 N–H and O–H groups in total. The van der Waals surface area contributed by atoms with Gasteiger partial charge in [-0.15, -0.1) is 0 Å². The average Bonchev–Trinajstić information content (AvgIpc) is 3.19. The lowest BCUT2D eigenvalue weighted by molar-refractivity contribution is -0.0989. The highest BCUT2D eigenvalue weighted by atomic mass is 35.5. The van der Waals surface area contributed by atoms with Crippen molar-refractivity contribution >= 4 is 46.5 Å². The molecule has 1 atom stereocenters. The number of carbonyl (C=O) groups is 1. The second-order valence-corrected chi connectivity index (χ2v) is 10.8. The predicted octanol–water partition coefficient (Wildman–Crippen LogP) is 6.63. The average molecular weight is 560 g/mol. The maximum Gasteiger partial charge on any atom is 0.412 e. The van der Waals surface area contributed by atoms with Crippen LogP contribution in [0.15, 0.2) is 48.7 Å². The first-order valence-corrected chi connectivity index (χ1v) is 12.6. The number of ether oxygens (including phenoxy) is 4. The predicted molar refractivity (Wildman–Crippen MR) is 147 cm³/mol. The van der Waals surface area contributed by atoms with Gasteiger partial charge in [0, 0.05) is 23.1 Å². The van der Waals surface area contributed by atoms with E-state index < -0.39 is 23.8 Å².